The Bertz CT molecular complexity index is 324. The quantitative estimate of drug-likeness (QED) is 0.801. The van der Waals surface area contributed by atoms with Crippen LogP contribution in [0.25, 0.3) is 0 Å². The molecular formula is C12H19NO2. The molecule has 1 aromatic carbocycles. The van der Waals surface area contributed by atoms with Crippen LogP contribution < -0.4 is 14.8 Å². The maximum Gasteiger partial charge on any atom is 0.163 e. The molecule has 0 saturated carbocycles. The zero-order valence-corrected chi connectivity index (χ0v) is 9.89. The van der Waals surface area contributed by atoms with Gasteiger partial charge in [0.15, 0.2) is 11.5 Å². The zero-order valence-electron chi connectivity index (χ0n) is 9.89. The normalized spacial score (nSPS) is 10.1. The Morgan fingerprint density at radius 2 is 1.93 bits per heavy atom. The lowest BCUT2D eigenvalue weighted by Gasteiger charge is -2.14. The van der Waals surface area contributed by atoms with Crippen molar-refractivity contribution in [1.29, 1.82) is 0 Å². The highest BCUT2D eigenvalue weighted by Gasteiger charge is 2.10. The van der Waals surface area contributed by atoms with E-state index in [1.165, 1.54) is 5.56 Å². The molecule has 0 aromatic heterocycles. The highest BCUT2D eigenvalue weighted by Crippen LogP contribution is 2.32. The summed E-state index contributed by atoms with van der Waals surface area (Å²) in [7, 11) is 5.29. The lowest BCUT2D eigenvalue weighted by molar-refractivity contribution is 0.352. The summed E-state index contributed by atoms with van der Waals surface area (Å²) < 4.78 is 10.6. The third-order valence-corrected chi connectivity index (χ3v) is 2.55. The highest BCUT2D eigenvalue weighted by atomic mass is 16.5. The van der Waals surface area contributed by atoms with E-state index >= 15 is 0 Å². The van der Waals surface area contributed by atoms with E-state index in [-0.39, 0.29) is 0 Å². The second-order valence-corrected chi connectivity index (χ2v) is 3.44. The van der Waals surface area contributed by atoms with Crippen LogP contribution in [0.3, 0.4) is 0 Å². The standard InChI is InChI=1S/C12H19NO2/c1-9-10(7-8-13-2)5-6-11(14-3)12(9)15-4/h5-6,13H,7-8H2,1-4H3. The Morgan fingerprint density at radius 3 is 2.47 bits per heavy atom. The van der Waals surface area contributed by atoms with Crippen LogP contribution in [0, 0.1) is 6.92 Å². The minimum absolute atomic E-state index is 0.795. The first-order chi connectivity index (χ1) is 7.24. The second-order valence-electron chi connectivity index (χ2n) is 3.44. The van der Waals surface area contributed by atoms with Gasteiger partial charge >= 0.3 is 0 Å². The number of nitrogens with one attached hydrogen (secondary N) is 1. The maximum absolute atomic E-state index is 5.34. The molecule has 0 atom stereocenters. The molecule has 0 saturated heterocycles. The SMILES string of the molecule is CNCCc1ccc(OC)c(OC)c1C. The van der Waals surface area contributed by atoms with Gasteiger partial charge in [0.1, 0.15) is 0 Å². The first-order valence-corrected chi connectivity index (χ1v) is 5.09. The van der Waals surface area contributed by atoms with Gasteiger partial charge in [-0.05, 0) is 44.1 Å². The zero-order chi connectivity index (χ0) is 11.3. The van der Waals surface area contributed by atoms with Crippen LogP contribution in [0.1, 0.15) is 11.1 Å². The number of ether oxygens (including phenoxy) is 2. The Morgan fingerprint density at radius 1 is 1.20 bits per heavy atom. The Hall–Kier alpha value is -1.22. The van der Waals surface area contributed by atoms with Gasteiger partial charge in [-0.15, -0.1) is 0 Å². The lowest BCUT2D eigenvalue weighted by Crippen LogP contribution is -2.11. The van der Waals surface area contributed by atoms with E-state index in [1.54, 1.807) is 14.2 Å². The molecule has 15 heavy (non-hydrogen) atoms. The average Bonchev–Trinajstić information content (AvgIpc) is 2.27. The fourth-order valence-electron chi connectivity index (χ4n) is 1.65. The van der Waals surface area contributed by atoms with Gasteiger partial charge in [0.05, 0.1) is 14.2 Å². The molecule has 1 aromatic rings. The van der Waals surface area contributed by atoms with Gasteiger partial charge in [-0.3, -0.25) is 0 Å². The van der Waals surface area contributed by atoms with Gasteiger partial charge in [-0.25, -0.2) is 0 Å². The molecule has 0 aliphatic heterocycles. The van der Waals surface area contributed by atoms with Crippen LogP contribution in [0.4, 0.5) is 0 Å². The molecule has 0 fully saturated rings. The van der Waals surface area contributed by atoms with Crippen molar-refractivity contribution in [2.75, 3.05) is 27.8 Å². The van der Waals surface area contributed by atoms with Crippen LogP contribution >= 0.6 is 0 Å². The fraction of sp³-hybridized carbons (Fsp3) is 0.500. The molecule has 1 rings (SSSR count). The van der Waals surface area contributed by atoms with Gasteiger partial charge in [0.2, 0.25) is 0 Å². The molecule has 0 amide bonds. The Labute approximate surface area is 91.4 Å². The van der Waals surface area contributed by atoms with Crippen molar-refractivity contribution in [3.05, 3.63) is 23.3 Å². The average molecular weight is 209 g/mol. The van der Waals surface area contributed by atoms with Crippen LogP contribution in [0.2, 0.25) is 0 Å². The molecule has 0 radical (unpaired) electrons. The van der Waals surface area contributed by atoms with Gasteiger partial charge in [0, 0.05) is 0 Å². The molecule has 0 unspecified atom stereocenters. The van der Waals surface area contributed by atoms with E-state index < -0.39 is 0 Å². The summed E-state index contributed by atoms with van der Waals surface area (Å²) in [6, 6.07) is 4.05. The van der Waals surface area contributed by atoms with Crippen molar-refractivity contribution in [2.45, 2.75) is 13.3 Å². The van der Waals surface area contributed by atoms with Crippen molar-refractivity contribution in [3.63, 3.8) is 0 Å². The lowest BCUT2D eigenvalue weighted by atomic mass is 10.0. The number of methoxy groups -OCH3 is 2. The molecular weight excluding hydrogens is 190 g/mol. The molecule has 0 spiro atoms. The molecule has 0 heterocycles. The van der Waals surface area contributed by atoms with Crippen molar-refractivity contribution in [1.82, 2.24) is 5.32 Å². The third kappa shape index (κ3) is 2.63. The Balaban J connectivity index is 3.00. The van der Waals surface area contributed by atoms with E-state index in [1.807, 2.05) is 13.1 Å². The number of likely N-dealkylation sites (N-methyl/N-ethyl adjacent to an activating group) is 1. The highest BCUT2D eigenvalue weighted by molar-refractivity contribution is 5.50. The van der Waals surface area contributed by atoms with Gasteiger partial charge in [-0.2, -0.15) is 0 Å². The van der Waals surface area contributed by atoms with Crippen LogP contribution in [0.15, 0.2) is 12.1 Å². The van der Waals surface area contributed by atoms with E-state index in [0.29, 0.717) is 0 Å². The minimum atomic E-state index is 0.795. The summed E-state index contributed by atoms with van der Waals surface area (Å²) in [5.41, 5.74) is 2.45. The van der Waals surface area contributed by atoms with E-state index in [4.69, 9.17) is 9.47 Å². The molecule has 0 aliphatic carbocycles. The van der Waals surface area contributed by atoms with E-state index in [2.05, 4.69) is 18.3 Å². The molecule has 84 valence electrons. The molecule has 3 heteroatoms. The van der Waals surface area contributed by atoms with E-state index in [9.17, 15) is 0 Å². The second kappa shape index (κ2) is 5.61. The summed E-state index contributed by atoms with van der Waals surface area (Å²) in [4.78, 5) is 0. The maximum atomic E-state index is 5.34. The summed E-state index contributed by atoms with van der Waals surface area (Å²) >= 11 is 0. The number of rotatable bonds is 5. The largest absolute Gasteiger partial charge is 0.493 e. The Kier molecular flexibility index (Phi) is 4.43. The van der Waals surface area contributed by atoms with Crippen molar-refractivity contribution < 1.29 is 9.47 Å². The van der Waals surface area contributed by atoms with Crippen molar-refractivity contribution >= 4 is 0 Å². The van der Waals surface area contributed by atoms with E-state index in [0.717, 1.165) is 30.0 Å². The van der Waals surface area contributed by atoms with Crippen LogP contribution in [-0.4, -0.2) is 27.8 Å². The third-order valence-electron chi connectivity index (χ3n) is 2.55. The molecule has 1 N–H and O–H groups in total. The molecule has 3 nitrogen and oxygen atoms in total. The van der Waals surface area contributed by atoms with Gasteiger partial charge in [-0.1, -0.05) is 6.07 Å². The van der Waals surface area contributed by atoms with Crippen LogP contribution in [0.5, 0.6) is 11.5 Å². The first kappa shape index (κ1) is 11.9. The number of hydrogen-bond donors (Lipinski definition) is 1. The molecule has 0 bridgehead atoms. The summed E-state index contributed by atoms with van der Waals surface area (Å²) in [5, 5.41) is 3.14. The number of hydrogen-bond acceptors (Lipinski definition) is 3. The predicted molar refractivity (Wildman–Crippen MR) is 61.9 cm³/mol. The topological polar surface area (TPSA) is 30.5 Å². The van der Waals surface area contributed by atoms with Crippen molar-refractivity contribution in [3.8, 4) is 11.5 Å². The first-order valence-electron chi connectivity index (χ1n) is 5.09. The van der Waals surface area contributed by atoms with Crippen LogP contribution in [-0.2, 0) is 6.42 Å². The summed E-state index contributed by atoms with van der Waals surface area (Å²) in [6.45, 7) is 3.03. The van der Waals surface area contributed by atoms with Gasteiger partial charge in [0.25, 0.3) is 0 Å². The summed E-state index contributed by atoms with van der Waals surface area (Å²) in [6.07, 6.45) is 1.00. The van der Waals surface area contributed by atoms with Gasteiger partial charge < -0.3 is 14.8 Å². The number of benzene rings is 1. The fourth-order valence-corrected chi connectivity index (χ4v) is 1.65. The van der Waals surface area contributed by atoms with Crippen molar-refractivity contribution in [2.24, 2.45) is 0 Å². The molecule has 0 aliphatic rings. The predicted octanol–water partition coefficient (Wildman–Crippen LogP) is 1.77. The monoisotopic (exact) mass is 209 g/mol. The summed E-state index contributed by atoms with van der Waals surface area (Å²) in [5.74, 6) is 1.63. The minimum Gasteiger partial charge on any atom is -0.493 e. The smallest absolute Gasteiger partial charge is 0.163 e.